The Labute approximate surface area is 244 Å². The third kappa shape index (κ3) is 6.24. The first-order valence-corrected chi connectivity index (χ1v) is 14.2. The van der Waals surface area contributed by atoms with E-state index in [-0.39, 0.29) is 18.4 Å². The average Bonchev–Trinajstić information content (AvgIpc) is 3.66. The number of fused-ring (bicyclic) bond motifs is 1. The lowest BCUT2D eigenvalue weighted by Gasteiger charge is -2.22. The molecular formula is C34H32N4O4. The maximum absolute atomic E-state index is 13.6. The zero-order valence-corrected chi connectivity index (χ0v) is 23.1. The van der Waals surface area contributed by atoms with Gasteiger partial charge in [-0.3, -0.25) is 9.59 Å². The van der Waals surface area contributed by atoms with Gasteiger partial charge >= 0.3 is 0 Å². The Morgan fingerprint density at radius 2 is 1.52 bits per heavy atom. The van der Waals surface area contributed by atoms with Gasteiger partial charge < -0.3 is 19.8 Å². The molecule has 0 bridgehead atoms. The second-order valence-corrected chi connectivity index (χ2v) is 10.7. The average molecular weight is 561 g/mol. The Morgan fingerprint density at radius 3 is 2.26 bits per heavy atom. The molecule has 2 N–H and O–H groups in total. The third-order valence-electron chi connectivity index (χ3n) is 7.66. The summed E-state index contributed by atoms with van der Waals surface area (Å²) in [6.45, 7) is 0.636. The van der Waals surface area contributed by atoms with Gasteiger partial charge in [-0.25, -0.2) is 0 Å². The number of aromatic nitrogens is 2. The molecule has 1 saturated heterocycles. The Hall–Kier alpha value is -4.82. The molecule has 1 aliphatic heterocycles. The summed E-state index contributed by atoms with van der Waals surface area (Å²) >= 11 is 0. The van der Waals surface area contributed by atoms with Gasteiger partial charge in [-0.15, -0.1) is 0 Å². The second kappa shape index (κ2) is 12.4. The fourth-order valence-corrected chi connectivity index (χ4v) is 5.44. The monoisotopic (exact) mass is 560 g/mol. The molecule has 8 nitrogen and oxygen atoms in total. The molecule has 42 heavy (non-hydrogen) atoms. The number of likely N-dealkylation sites (tertiary alicyclic amines) is 1. The predicted octanol–water partition coefficient (Wildman–Crippen LogP) is 5.28. The lowest BCUT2D eigenvalue weighted by Crippen LogP contribution is -2.32. The van der Waals surface area contributed by atoms with E-state index in [1.807, 2.05) is 72.8 Å². The number of amides is 2. The fraction of sp³-hybridized carbons (Fsp3) is 0.235. The number of nitrogens with one attached hydrogen (secondary N) is 1. The van der Waals surface area contributed by atoms with Crippen LogP contribution in [0.3, 0.4) is 0 Å². The second-order valence-electron chi connectivity index (χ2n) is 10.7. The van der Waals surface area contributed by atoms with Crippen LogP contribution in [-0.4, -0.2) is 44.6 Å². The van der Waals surface area contributed by atoms with Crippen LogP contribution in [0.5, 0.6) is 0 Å². The number of nitrogens with zero attached hydrogens (tertiary/aromatic N) is 3. The minimum atomic E-state index is -0.676. The van der Waals surface area contributed by atoms with Gasteiger partial charge in [0.05, 0.1) is 6.10 Å². The van der Waals surface area contributed by atoms with Crippen LogP contribution in [0.15, 0.2) is 102 Å². The van der Waals surface area contributed by atoms with Crippen molar-refractivity contribution in [2.24, 2.45) is 0 Å². The number of rotatable bonds is 9. The first-order valence-electron chi connectivity index (χ1n) is 14.2. The van der Waals surface area contributed by atoms with Gasteiger partial charge in [-0.1, -0.05) is 78.0 Å². The molecule has 5 aromatic rings. The summed E-state index contributed by atoms with van der Waals surface area (Å²) in [5, 5.41) is 19.2. The molecule has 6 rings (SSSR count). The van der Waals surface area contributed by atoms with Crippen LogP contribution < -0.4 is 5.32 Å². The number of β-amino-alcohol motifs (C(OH)–C–C–N with tert-alkyl or cyclic N) is 1. The Kier molecular flexibility index (Phi) is 8.05. The van der Waals surface area contributed by atoms with Crippen molar-refractivity contribution in [3.8, 4) is 0 Å². The van der Waals surface area contributed by atoms with Crippen molar-refractivity contribution >= 4 is 22.6 Å². The number of aliphatic hydroxyl groups excluding tert-OH is 1. The van der Waals surface area contributed by atoms with Crippen molar-refractivity contribution in [3.05, 3.63) is 131 Å². The highest BCUT2D eigenvalue weighted by molar-refractivity contribution is 6.02. The number of carbonyl (C=O) groups excluding carboxylic acids is 2. The molecule has 0 radical (unpaired) electrons. The van der Waals surface area contributed by atoms with E-state index in [1.54, 1.807) is 17.0 Å². The minimum absolute atomic E-state index is 0.159. The largest absolute Gasteiger partial charge is 0.391 e. The molecule has 0 saturated carbocycles. The fourth-order valence-electron chi connectivity index (χ4n) is 5.44. The van der Waals surface area contributed by atoms with Gasteiger partial charge in [-0.2, -0.15) is 4.98 Å². The minimum Gasteiger partial charge on any atom is -0.391 e. The smallest absolute Gasteiger partial charge is 0.254 e. The molecule has 1 fully saturated rings. The SMILES string of the molecule is O=C(NCc1ccccc1)c1ccc2cc(C(=O)N3C[C@H](O)C[C@@H]3c3nc(CCCc4ccccc4)no3)ccc2c1. The van der Waals surface area contributed by atoms with Gasteiger partial charge in [0.1, 0.15) is 6.04 Å². The van der Waals surface area contributed by atoms with E-state index in [4.69, 9.17) is 4.52 Å². The van der Waals surface area contributed by atoms with Crippen LogP contribution in [0, 0.1) is 0 Å². The van der Waals surface area contributed by atoms with E-state index in [2.05, 4.69) is 27.6 Å². The summed E-state index contributed by atoms with van der Waals surface area (Å²) in [5.74, 6) is 0.575. The zero-order valence-electron chi connectivity index (χ0n) is 23.1. The lowest BCUT2D eigenvalue weighted by molar-refractivity contribution is 0.0693. The summed E-state index contributed by atoms with van der Waals surface area (Å²) in [6.07, 6.45) is 2.13. The first kappa shape index (κ1) is 27.4. The Bertz CT molecular complexity index is 1690. The van der Waals surface area contributed by atoms with E-state index in [0.717, 1.165) is 29.2 Å². The molecule has 212 valence electrons. The van der Waals surface area contributed by atoms with Gasteiger partial charge in [0.2, 0.25) is 5.89 Å². The number of aryl methyl sites for hydroxylation is 2. The van der Waals surface area contributed by atoms with Crippen LogP contribution >= 0.6 is 0 Å². The quantitative estimate of drug-likeness (QED) is 0.254. The van der Waals surface area contributed by atoms with Crippen molar-refractivity contribution in [2.75, 3.05) is 6.54 Å². The highest BCUT2D eigenvalue weighted by Crippen LogP contribution is 2.33. The first-order chi connectivity index (χ1) is 20.5. The van der Waals surface area contributed by atoms with E-state index in [9.17, 15) is 14.7 Å². The van der Waals surface area contributed by atoms with Gasteiger partial charge in [0, 0.05) is 37.1 Å². The number of benzene rings is 4. The maximum atomic E-state index is 13.6. The highest BCUT2D eigenvalue weighted by atomic mass is 16.5. The molecule has 2 atom stereocenters. The molecule has 8 heteroatoms. The van der Waals surface area contributed by atoms with E-state index >= 15 is 0 Å². The summed E-state index contributed by atoms with van der Waals surface area (Å²) < 4.78 is 5.57. The van der Waals surface area contributed by atoms with Crippen LogP contribution in [0.2, 0.25) is 0 Å². The van der Waals surface area contributed by atoms with E-state index in [1.165, 1.54) is 5.56 Å². The van der Waals surface area contributed by atoms with Crippen molar-refractivity contribution in [1.82, 2.24) is 20.4 Å². The van der Waals surface area contributed by atoms with Crippen molar-refractivity contribution in [1.29, 1.82) is 0 Å². The summed E-state index contributed by atoms with van der Waals surface area (Å²) in [6, 6.07) is 30.3. The summed E-state index contributed by atoms with van der Waals surface area (Å²) in [4.78, 5) is 32.5. The van der Waals surface area contributed by atoms with Crippen molar-refractivity contribution in [2.45, 2.75) is 44.4 Å². The summed E-state index contributed by atoms with van der Waals surface area (Å²) in [7, 11) is 0. The molecule has 0 aliphatic carbocycles. The molecule has 0 spiro atoms. The van der Waals surface area contributed by atoms with Crippen LogP contribution in [0.25, 0.3) is 10.8 Å². The lowest BCUT2D eigenvalue weighted by atomic mass is 10.0. The van der Waals surface area contributed by atoms with E-state index in [0.29, 0.717) is 42.2 Å². The number of hydrogen-bond acceptors (Lipinski definition) is 6. The molecule has 2 heterocycles. The molecule has 1 aromatic heterocycles. The molecule has 4 aromatic carbocycles. The number of hydrogen-bond donors (Lipinski definition) is 2. The maximum Gasteiger partial charge on any atom is 0.254 e. The van der Waals surface area contributed by atoms with Crippen LogP contribution in [-0.2, 0) is 19.4 Å². The van der Waals surface area contributed by atoms with Gasteiger partial charge in [0.25, 0.3) is 11.8 Å². The highest BCUT2D eigenvalue weighted by Gasteiger charge is 2.39. The molecular weight excluding hydrogens is 528 g/mol. The van der Waals surface area contributed by atoms with Gasteiger partial charge in [0.15, 0.2) is 5.82 Å². The predicted molar refractivity (Wildman–Crippen MR) is 159 cm³/mol. The van der Waals surface area contributed by atoms with Crippen molar-refractivity contribution in [3.63, 3.8) is 0 Å². The Morgan fingerprint density at radius 1 is 0.857 bits per heavy atom. The van der Waals surface area contributed by atoms with Crippen LogP contribution in [0.4, 0.5) is 0 Å². The van der Waals surface area contributed by atoms with Crippen molar-refractivity contribution < 1.29 is 19.2 Å². The Balaban J connectivity index is 1.12. The molecule has 0 unspecified atom stereocenters. The van der Waals surface area contributed by atoms with Crippen LogP contribution in [0.1, 0.15) is 62.4 Å². The normalized spacial score (nSPS) is 16.5. The third-order valence-corrected chi connectivity index (χ3v) is 7.66. The zero-order chi connectivity index (χ0) is 28.9. The van der Waals surface area contributed by atoms with Gasteiger partial charge in [-0.05, 0) is 59.0 Å². The summed E-state index contributed by atoms with van der Waals surface area (Å²) in [5.41, 5.74) is 3.33. The topological polar surface area (TPSA) is 109 Å². The standard InChI is InChI=1S/C34H32N4O4/c39-29-20-30(33-36-31(37-42-33)13-7-12-23-8-3-1-4-9-23)38(22-29)34(41)28-17-15-25-18-27(16-14-26(25)19-28)32(40)35-21-24-10-5-2-6-11-24/h1-6,8-11,14-19,29-30,39H,7,12-13,20-22H2,(H,35,40)/t29-,30-/m1/s1. The van der Waals surface area contributed by atoms with E-state index < -0.39 is 12.1 Å². The molecule has 2 amide bonds. The number of carbonyl (C=O) groups is 2. The molecule has 1 aliphatic rings. The number of aliphatic hydroxyl groups is 1.